The normalized spacial score (nSPS) is 17.7. The van der Waals surface area contributed by atoms with E-state index in [4.69, 9.17) is 4.74 Å². The molecule has 6 atom stereocenters. The Balaban J connectivity index is 1.34. The molecule has 6 rings (SSSR count). The lowest BCUT2D eigenvalue weighted by Crippen LogP contribution is -2.63. The van der Waals surface area contributed by atoms with Crippen LogP contribution in [-0.2, 0) is 48.1 Å². The number of ether oxygens (including phenoxy) is 3. The summed E-state index contributed by atoms with van der Waals surface area (Å²) in [5.41, 5.74) is -3.90. The van der Waals surface area contributed by atoms with Crippen LogP contribution in [0.3, 0.4) is 0 Å². The first-order chi connectivity index (χ1) is 37.4. The number of alkyl halides is 8. The van der Waals surface area contributed by atoms with Crippen molar-refractivity contribution in [3.8, 4) is 23.1 Å². The number of aromatic nitrogens is 3. The van der Waals surface area contributed by atoms with Gasteiger partial charge in [-0.3, -0.25) is 29.4 Å². The Hall–Kier alpha value is -7.02. The Morgan fingerprint density at radius 2 is 1.44 bits per heavy atom. The zero-order valence-electron chi connectivity index (χ0n) is 44.5. The number of rotatable bonds is 20. The van der Waals surface area contributed by atoms with Crippen molar-refractivity contribution in [1.29, 1.82) is 0 Å². The number of methoxy groups -OCH3 is 2. The SMILES string of the molecule is COC(=O)C[C@H](C(=O)NN(Cc1c(F)cc(-c2ccn(CC(F)F)n2)cc1F)C[C@H](O)[C@H](Cc1ccc(C#Cc2ccc(N3CC4COCC(C3)N4C)nc2)cc1)NC(=O)[C@@H](NC(=O)OC)C(C)(C)C(F)(F)F)C(C)(C)C(F)(F)F. The van der Waals surface area contributed by atoms with Crippen LogP contribution >= 0.6 is 0 Å². The number of hydrogen-bond donors (Lipinski definition) is 4. The van der Waals surface area contributed by atoms with E-state index < -0.39 is 127 Å². The number of nitrogens with one attached hydrogen (secondary N) is 3. The maximum atomic E-state index is 16.1. The minimum absolute atomic E-state index is 0.148. The van der Waals surface area contributed by atoms with Crippen molar-refractivity contribution >= 4 is 29.7 Å². The number of hydrogen-bond acceptors (Lipinski definition) is 13. The summed E-state index contributed by atoms with van der Waals surface area (Å²) >= 11 is 0. The van der Waals surface area contributed by atoms with Gasteiger partial charge in [0.2, 0.25) is 11.8 Å². The number of fused-ring (bicyclic) bond motifs is 2. The van der Waals surface area contributed by atoms with E-state index in [1.54, 1.807) is 18.3 Å². The van der Waals surface area contributed by atoms with Crippen LogP contribution < -0.4 is 21.0 Å². The summed E-state index contributed by atoms with van der Waals surface area (Å²) in [5, 5.41) is 20.7. The Kier molecular flexibility index (Phi) is 19.9. The van der Waals surface area contributed by atoms with Crippen LogP contribution in [0.2, 0.25) is 0 Å². The monoisotopic (exact) mass is 1140 g/mol. The number of esters is 1. The second-order valence-corrected chi connectivity index (χ2v) is 20.6. The summed E-state index contributed by atoms with van der Waals surface area (Å²) < 4.78 is 161. The molecule has 4 heterocycles. The van der Waals surface area contributed by atoms with Gasteiger partial charge < -0.3 is 34.9 Å². The molecular formula is C53H61F10N9O8. The highest BCUT2D eigenvalue weighted by molar-refractivity contribution is 5.87. The molecule has 0 aliphatic carbocycles. The van der Waals surface area contributed by atoms with Crippen LogP contribution in [0.15, 0.2) is 67.0 Å². The summed E-state index contributed by atoms with van der Waals surface area (Å²) in [7, 11) is 3.75. The lowest BCUT2D eigenvalue weighted by atomic mass is 9.75. The van der Waals surface area contributed by atoms with Gasteiger partial charge in [-0.2, -0.15) is 31.4 Å². The van der Waals surface area contributed by atoms with Crippen molar-refractivity contribution in [1.82, 2.24) is 40.7 Å². The van der Waals surface area contributed by atoms with E-state index in [-0.39, 0.29) is 28.9 Å². The summed E-state index contributed by atoms with van der Waals surface area (Å²) in [5.74, 6) is -2.62. The number of alkyl carbamates (subject to hydrolysis) is 1. The van der Waals surface area contributed by atoms with Gasteiger partial charge in [-0.1, -0.05) is 37.8 Å². The smallest absolute Gasteiger partial charge is 0.407 e. The number of hydrazine groups is 1. The van der Waals surface area contributed by atoms with Gasteiger partial charge in [-0.05, 0) is 75.3 Å². The molecular weight excluding hydrogens is 1080 g/mol. The predicted octanol–water partition coefficient (Wildman–Crippen LogP) is 6.41. The van der Waals surface area contributed by atoms with Crippen molar-refractivity contribution in [2.24, 2.45) is 16.7 Å². The van der Waals surface area contributed by atoms with E-state index in [1.165, 1.54) is 18.2 Å². The second kappa shape index (κ2) is 25.6. The number of morpholine rings is 1. The molecule has 4 aromatic rings. The van der Waals surface area contributed by atoms with E-state index in [1.807, 2.05) is 17.4 Å². The summed E-state index contributed by atoms with van der Waals surface area (Å²) in [6.45, 7) is 2.06. The number of carbonyl (C=O) groups is 4. The molecule has 2 saturated heterocycles. The molecule has 2 fully saturated rings. The van der Waals surface area contributed by atoms with Crippen molar-refractivity contribution in [2.75, 3.05) is 59.0 Å². The number of nitrogens with zero attached hydrogens (tertiary/aromatic N) is 6. The molecule has 2 aromatic carbocycles. The van der Waals surface area contributed by atoms with Crippen LogP contribution in [0.5, 0.6) is 0 Å². The molecule has 3 amide bonds. The maximum absolute atomic E-state index is 16.1. The Morgan fingerprint density at radius 3 is 1.99 bits per heavy atom. The number of aliphatic hydroxyl groups is 1. The minimum atomic E-state index is -5.17. The van der Waals surface area contributed by atoms with Crippen LogP contribution in [-0.4, -0.2) is 157 Å². The number of carbonyl (C=O) groups excluding carboxylic acids is 4. The molecule has 2 aromatic heterocycles. The summed E-state index contributed by atoms with van der Waals surface area (Å²) in [6.07, 6.45) is -15.6. The molecule has 0 saturated carbocycles. The van der Waals surface area contributed by atoms with Gasteiger partial charge >= 0.3 is 24.4 Å². The Bertz CT molecular complexity index is 2840. The van der Waals surface area contributed by atoms with Crippen molar-refractivity contribution in [3.05, 3.63) is 101 Å². The number of halogens is 10. The van der Waals surface area contributed by atoms with Gasteiger partial charge in [0.15, 0.2) is 0 Å². The fourth-order valence-electron chi connectivity index (χ4n) is 8.95. The first-order valence-electron chi connectivity index (χ1n) is 24.9. The maximum Gasteiger partial charge on any atom is 0.407 e. The second-order valence-electron chi connectivity index (χ2n) is 20.6. The minimum Gasteiger partial charge on any atom is -0.469 e. The van der Waals surface area contributed by atoms with Gasteiger partial charge in [0, 0.05) is 60.8 Å². The average Bonchev–Trinajstić information content (AvgIpc) is 3.86. The number of amides is 3. The van der Waals surface area contributed by atoms with Crippen molar-refractivity contribution in [3.63, 3.8) is 0 Å². The van der Waals surface area contributed by atoms with E-state index in [9.17, 15) is 59.4 Å². The number of benzene rings is 2. The first-order valence-corrected chi connectivity index (χ1v) is 24.9. The van der Waals surface area contributed by atoms with E-state index in [0.717, 1.165) is 56.1 Å². The molecule has 27 heteroatoms. The zero-order valence-corrected chi connectivity index (χ0v) is 44.5. The standard InChI is InChI=1S/C53H61F10N9O8/c1-50(2,52(58,59)60)37(21-45(74)78-6)47(75)68-72(25-36-38(54)19-33(20-39(36)55)40-16-17-71(67-40)27-43(56)57)26-42(73)41(65-48(76)46(66-49(77)79-7)51(3,4)53(61,62)63)18-31-11-8-30(9-12-31)10-13-32-14-15-44(64-22-32)70-23-34-28-80-29-35(24-70)69(34)5/h8-9,11-12,14-17,19-20,22,34-35,37,41-43,46,73H,18,21,23-29H2,1-7H3,(H,65,76)(H,66,77)(H,68,75)/t34?,35?,37-,41+,42+,46-/m1/s1. The topological polar surface area (TPSA) is 193 Å². The fourth-order valence-corrected chi connectivity index (χ4v) is 8.95. The summed E-state index contributed by atoms with van der Waals surface area (Å²) in [6, 6.07) is 8.65. The third kappa shape index (κ3) is 15.2. The highest BCUT2D eigenvalue weighted by Crippen LogP contribution is 2.45. The molecule has 0 spiro atoms. The molecule has 2 unspecified atom stereocenters. The van der Waals surface area contributed by atoms with Gasteiger partial charge in [0.05, 0.1) is 80.5 Å². The quantitative estimate of drug-likeness (QED) is 0.0329. The summed E-state index contributed by atoms with van der Waals surface area (Å²) in [4.78, 5) is 62.2. The van der Waals surface area contributed by atoms with Crippen LogP contribution in [0, 0.1) is 40.2 Å². The third-order valence-electron chi connectivity index (χ3n) is 14.4. The highest BCUT2D eigenvalue weighted by atomic mass is 19.4. The molecule has 17 nitrogen and oxygen atoms in total. The van der Waals surface area contributed by atoms with Gasteiger partial charge in [-0.15, -0.1) is 0 Å². The molecule has 2 bridgehead atoms. The molecule has 4 N–H and O–H groups in total. The molecule has 2 aliphatic heterocycles. The third-order valence-corrected chi connectivity index (χ3v) is 14.4. The Morgan fingerprint density at radius 1 is 0.838 bits per heavy atom. The van der Waals surface area contributed by atoms with Crippen LogP contribution in [0.4, 0.5) is 54.5 Å². The van der Waals surface area contributed by atoms with E-state index in [0.29, 0.717) is 57.0 Å². The highest BCUT2D eigenvalue weighted by Gasteiger charge is 2.57. The van der Waals surface area contributed by atoms with Crippen LogP contribution in [0.1, 0.15) is 56.4 Å². The number of piperazine rings is 1. The number of anilines is 1. The number of likely N-dealkylation sites (N-methyl/N-ethyl adjacent to an activating group) is 1. The average molecular weight is 1140 g/mol. The molecule has 436 valence electrons. The lowest BCUT2D eigenvalue weighted by molar-refractivity contribution is -0.231. The first kappa shape index (κ1) is 62.2. The number of pyridine rings is 1. The predicted molar refractivity (Wildman–Crippen MR) is 268 cm³/mol. The molecule has 2 aliphatic rings. The van der Waals surface area contributed by atoms with E-state index in [2.05, 4.69) is 59.0 Å². The van der Waals surface area contributed by atoms with Gasteiger partial charge in [-0.25, -0.2) is 32.3 Å². The molecule has 0 radical (unpaired) electrons. The zero-order chi connectivity index (χ0) is 59.1. The van der Waals surface area contributed by atoms with Crippen molar-refractivity contribution < 1.29 is 82.4 Å². The number of aliphatic hydroxyl groups excluding tert-OH is 1. The van der Waals surface area contributed by atoms with E-state index >= 15 is 8.78 Å². The van der Waals surface area contributed by atoms with Crippen LogP contribution in [0.25, 0.3) is 11.3 Å². The fraction of sp³-hybridized carbons (Fsp3) is 0.509. The van der Waals surface area contributed by atoms with Gasteiger partial charge in [0.1, 0.15) is 30.0 Å². The largest absolute Gasteiger partial charge is 0.469 e. The molecule has 80 heavy (non-hydrogen) atoms. The Labute approximate surface area is 454 Å². The van der Waals surface area contributed by atoms with Crippen molar-refractivity contribution in [2.45, 2.75) is 103 Å². The lowest BCUT2D eigenvalue weighted by Gasteiger charge is -2.48. The van der Waals surface area contributed by atoms with Gasteiger partial charge in [0.25, 0.3) is 6.43 Å².